The highest BCUT2D eigenvalue weighted by atomic mass is 32.1. The molecule has 0 aliphatic carbocycles. The van der Waals surface area contributed by atoms with Gasteiger partial charge in [0.1, 0.15) is 4.99 Å². The van der Waals surface area contributed by atoms with Crippen molar-refractivity contribution in [2.45, 2.75) is 26.4 Å². The molecule has 94 valence electrons. The molecule has 17 heavy (non-hydrogen) atoms. The molecule has 0 radical (unpaired) electrons. The largest absolute Gasteiger partial charge is 0.395 e. The molecule has 3 nitrogen and oxygen atoms in total. The standard InChI is InChI=1S/C13H20N2OS/c1-10(2)15(7-8-16)9-11-5-3-4-6-12(11)13(14)17/h3-6,10,16H,7-9H2,1-2H3,(H2,14,17). The maximum Gasteiger partial charge on any atom is 0.104 e. The first-order chi connectivity index (χ1) is 8.06. The molecule has 0 heterocycles. The van der Waals surface area contributed by atoms with Crippen LogP contribution in [0.1, 0.15) is 25.0 Å². The Bertz CT molecular complexity index is 379. The summed E-state index contributed by atoms with van der Waals surface area (Å²) in [4.78, 5) is 2.62. The number of benzene rings is 1. The van der Waals surface area contributed by atoms with Gasteiger partial charge in [0.2, 0.25) is 0 Å². The molecule has 0 saturated heterocycles. The van der Waals surface area contributed by atoms with Crippen LogP contribution in [0.25, 0.3) is 0 Å². The van der Waals surface area contributed by atoms with Crippen LogP contribution in [-0.2, 0) is 6.54 Å². The Labute approximate surface area is 108 Å². The summed E-state index contributed by atoms with van der Waals surface area (Å²) in [5.74, 6) is 0. The van der Waals surface area contributed by atoms with Crippen molar-refractivity contribution in [3.8, 4) is 0 Å². The van der Waals surface area contributed by atoms with Gasteiger partial charge < -0.3 is 10.8 Å². The topological polar surface area (TPSA) is 49.5 Å². The molecule has 0 spiro atoms. The summed E-state index contributed by atoms with van der Waals surface area (Å²) in [7, 11) is 0. The molecular formula is C13H20N2OS. The lowest BCUT2D eigenvalue weighted by Crippen LogP contribution is -2.33. The molecule has 4 heteroatoms. The number of aliphatic hydroxyl groups is 1. The maximum absolute atomic E-state index is 9.05. The van der Waals surface area contributed by atoms with E-state index in [4.69, 9.17) is 23.1 Å². The van der Waals surface area contributed by atoms with Crippen LogP contribution in [-0.4, -0.2) is 34.2 Å². The molecule has 0 fully saturated rings. The Kier molecular flexibility index (Phi) is 5.55. The lowest BCUT2D eigenvalue weighted by molar-refractivity contribution is 0.159. The van der Waals surface area contributed by atoms with Crippen LogP contribution in [0, 0.1) is 0 Å². The number of nitrogens with zero attached hydrogens (tertiary/aromatic N) is 1. The van der Waals surface area contributed by atoms with Gasteiger partial charge in [-0.3, -0.25) is 4.90 Å². The smallest absolute Gasteiger partial charge is 0.104 e. The van der Waals surface area contributed by atoms with E-state index >= 15 is 0 Å². The second-order valence-corrected chi connectivity index (χ2v) is 4.75. The molecule has 1 aromatic rings. The van der Waals surface area contributed by atoms with Gasteiger partial charge in [0.25, 0.3) is 0 Å². The SMILES string of the molecule is CC(C)N(CCO)Cc1ccccc1C(N)=S. The zero-order valence-corrected chi connectivity index (χ0v) is 11.2. The van der Waals surface area contributed by atoms with Gasteiger partial charge in [0.05, 0.1) is 6.61 Å². The highest BCUT2D eigenvalue weighted by molar-refractivity contribution is 7.80. The Morgan fingerprint density at radius 2 is 2.06 bits per heavy atom. The van der Waals surface area contributed by atoms with E-state index in [1.54, 1.807) is 0 Å². The van der Waals surface area contributed by atoms with Gasteiger partial charge in [-0.1, -0.05) is 36.5 Å². The molecule has 0 amide bonds. The Hall–Kier alpha value is -0.970. The van der Waals surface area contributed by atoms with Crippen molar-refractivity contribution in [1.82, 2.24) is 4.90 Å². The number of hydrogen-bond donors (Lipinski definition) is 2. The molecule has 0 aromatic heterocycles. The Morgan fingerprint density at radius 3 is 2.59 bits per heavy atom. The van der Waals surface area contributed by atoms with E-state index in [9.17, 15) is 0 Å². The van der Waals surface area contributed by atoms with Gasteiger partial charge in [-0.2, -0.15) is 0 Å². The summed E-state index contributed by atoms with van der Waals surface area (Å²) >= 11 is 5.04. The average Bonchev–Trinajstić information content (AvgIpc) is 2.28. The molecule has 3 N–H and O–H groups in total. The van der Waals surface area contributed by atoms with Crippen LogP contribution in [0.5, 0.6) is 0 Å². The molecular weight excluding hydrogens is 232 g/mol. The first-order valence-corrected chi connectivity index (χ1v) is 6.19. The van der Waals surface area contributed by atoms with E-state index in [-0.39, 0.29) is 6.61 Å². The highest BCUT2D eigenvalue weighted by Gasteiger charge is 2.12. The zero-order chi connectivity index (χ0) is 12.8. The maximum atomic E-state index is 9.05. The van der Waals surface area contributed by atoms with Crippen molar-refractivity contribution in [2.75, 3.05) is 13.2 Å². The third-order valence-electron chi connectivity index (χ3n) is 2.77. The predicted octanol–water partition coefficient (Wildman–Crippen LogP) is 1.52. The van der Waals surface area contributed by atoms with Crippen molar-refractivity contribution in [3.05, 3.63) is 35.4 Å². The van der Waals surface area contributed by atoms with Crippen molar-refractivity contribution >= 4 is 17.2 Å². The molecule has 0 aliphatic heterocycles. The molecule has 0 aliphatic rings. The Balaban J connectivity index is 2.88. The molecule has 0 unspecified atom stereocenters. The van der Waals surface area contributed by atoms with Gasteiger partial charge in [-0.25, -0.2) is 0 Å². The fourth-order valence-electron chi connectivity index (χ4n) is 1.77. The van der Waals surface area contributed by atoms with Crippen molar-refractivity contribution in [1.29, 1.82) is 0 Å². The second kappa shape index (κ2) is 6.69. The minimum atomic E-state index is 0.160. The number of hydrogen-bond acceptors (Lipinski definition) is 3. The number of nitrogens with two attached hydrogens (primary N) is 1. The number of thiocarbonyl (C=S) groups is 1. The monoisotopic (exact) mass is 252 g/mol. The fourth-order valence-corrected chi connectivity index (χ4v) is 1.96. The first-order valence-electron chi connectivity index (χ1n) is 5.79. The van der Waals surface area contributed by atoms with Crippen LogP contribution in [0.3, 0.4) is 0 Å². The fraction of sp³-hybridized carbons (Fsp3) is 0.462. The zero-order valence-electron chi connectivity index (χ0n) is 10.4. The van der Waals surface area contributed by atoms with Gasteiger partial charge in [-0.05, 0) is 19.4 Å². The van der Waals surface area contributed by atoms with Crippen LogP contribution in [0.2, 0.25) is 0 Å². The van der Waals surface area contributed by atoms with Crippen LogP contribution < -0.4 is 5.73 Å². The lowest BCUT2D eigenvalue weighted by Gasteiger charge is -2.26. The molecule has 1 aromatic carbocycles. The molecule has 0 saturated carbocycles. The van der Waals surface area contributed by atoms with Gasteiger partial charge in [0, 0.05) is 24.7 Å². The number of rotatable bonds is 6. The predicted molar refractivity (Wildman–Crippen MR) is 75.0 cm³/mol. The summed E-state index contributed by atoms with van der Waals surface area (Å²) in [5, 5.41) is 9.05. The van der Waals surface area contributed by atoms with E-state index in [0.29, 0.717) is 17.6 Å². The van der Waals surface area contributed by atoms with E-state index in [0.717, 1.165) is 17.7 Å². The van der Waals surface area contributed by atoms with Crippen molar-refractivity contribution in [3.63, 3.8) is 0 Å². The van der Waals surface area contributed by atoms with E-state index in [1.165, 1.54) is 0 Å². The van der Waals surface area contributed by atoms with Crippen molar-refractivity contribution < 1.29 is 5.11 Å². The van der Waals surface area contributed by atoms with E-state index in [1.807, 2.05) is 24.3 Å². The van der Waals surface area contributed by atoms with Gasteiger partial charge >= 0.3 is 0 Å². The van der Waals surface area contributed by atoms with Gasteiger partial charge in [0.15, 0.2) is 0 Å². The quantitative estimate of drug-likeness (QED) is 0.754. The van der Waals surface area contributed by atoms with Crippen LogP contribution in [0.15, 0.2) is 24.3 Å². The normalized spacial score (nSPS) is 11.1. The summed E-state index contributed by atoms with van der Waals surface area (Å²) in [6, 6.07) is 8.26. The summed E-state index contributed by atoms with van der Waals surface area (Å²) in [5.41, 5.74) is 7.74. The minimum Gasteiger partial charge on any atom is -0.395 e. The minimum absolute atomic E-state index is 0.160. The third kappa shape index (κ3) is 4.07. The lowest BCUT2D eigenvalue weighted by atomic mass is 10.1. The Morgan fingerprint density at radius 1 is 1.41 bits per heavy atom. The molecule has 1 rings (SSSR count). The van der Waals surface area contributed by atoms with E-state index < -0.39 is 0 Å². The first kappa shape index (κ1) is 14.1. The third-order valence-corrected chi connectivity index (χ3v) is 2.99. The number of aliphatic hydroxyl groups excluding tert-OH is 1. The highest BCUT2D eigenvalue weighted by Crippen LogP contribution is 2.13. The summed E-state index contributed by atoms with van der Waals surface area (Å²) < 4.78 is 0. The summed E-state index contributed by atoms with van der Waals surface area (Å²) in [6.07, 6.45) is 0. The van der Waals surface area contributed by atoms with E-state index in [2.05, 4.69) is 18.7 Å². The van der Waals surface area contributed by atoms with Crippen LogP contribution in [0.4, 0.5) is 0 Å². The van der Waals surface area contributed by atoms with Crippen LogP contribution >= 0.6 is 12.2 Å². The summed E-state index contributed by atoms with van der Waals surface area (Å²) in [6.45, 7) is 5.79. The van der Waals surface area contributed by atoms with Crippen molar-refractivity contribution in [2.24, 2.45) is 5.73 Å². The molecule has 0 bridgehead atoms. The average molecular weight is 252 g/mol. The van der Waals surface area contributed by atoms with Gasteiger partial charge in [-0.15, -0.1) is 0 Å². The molecule has 0 atom stereocenters. The second-order valence-electron chi connectivity index (χ2n) is 4.31.